The molecule has 0 N–H and O–H groups in total. The van der Waals surface area contributed by atoms with Gasteiger partial charge in [0.15, 0.2) is 5.13 Å². The lowest BCUT2D eigenvalue weighted by atomic mass is 10.2. The zero-order valence-electron chi connectivity index (χ0n) is 15.2. The molecule has 0 aliphatic heterocycles. The summed E-state index contributed by atoms with van der Waals surface area (Å²) in [6.07, 6.45) is 0.223. The number of amides is 1. The van der Waals surface area contributed by atoms with Gasteiger partial charge in [-0.2, -0.15) is 0 Å². The fourth-order valence-corrected chi connectivity index (χ4v) is 3.50. The van der Waals surface area contributed by atoms with Gasteiger partial charge in [-0.15, -0.1) is 11.3 Å². The average Bonchev–Trinajstić information content (AvgIpc) is 3.09. The predicted molar refractivity (Wildman–Crippen MR) is 106 cm³/mol. The molecule has 3 rings (SSSR count). The van der Waals surface area contributed by atoms with Crippen LogP contribution >= 0.6 is 11.3 Å². The number of anilines is 2. The van der Waals surface area contributed by atoms with Gasteiger partial charge in [-0.05, 0) is 30.2 Å². The average molecular weight is 380 g/mol. The maximum absolute atomic E-state index is 12.1. The number of hydrogen-bond donors (Lipinski definition) is 0. The minimum atomic E-state index is -0.308. The van der Waals surface area contributed by atoms with Crippen LogP contribution in [0.25, 0.3) is 0 Å². The molecular formula is C21H20N2O3S. The zero-order chi connectivity index (χ0) is 19.2. The quantitative estimate of drug-likeness (QED) is 0.594. The Morgan fingerprint density at radius 1 is 1.11 bits per heavy atom. The van der Waals surface area contributed by atoms with Crippen LogP contribution in [0.5, 0.6) is 0 Å². The van der Waals surface area contributed by atoms with Crippen molar-refractivity contribution in [2.75, 3.05) is 4.90 Å². The second-order valence-corrected chi connectivity index (χ2v) is 6.97. The van der Waals surface area contributed by atoms with Gasteiger partial charge in [0.2, 0.25) is 5.91 Å². The van der Waals surface area contributed by atoms with E-state index in [2.05, 4.69) is 4.98 Å². The van der Waals surface area contributed by atoms with Crippen molar-refractivity contribution in [3.63, 3.8) is 0 Å². The number of benzene rings is 2. The third kappa shape index (κ3) is 5.01. The summed E-state index contributed by atoms with van der Waals surface area (Å²) in [4.78, 5) is 30.2. The monoisotopic (exact) mass is 380 g/mol. The highest BCUT2D eigenvalue weighted by Gasteiger charge is 2.18. The summed E-state index contributed by atoms with van der Waals surface area (Å²) >= 11 is 1.35. The SMILES string of the molecule is CC(=O)N(c1cccc(C)c1)c1nc(COC(=O)Cc2ccccc2)cs1. The van der Waals surface area contributed by atoms with Crippen LogP contribution in [0.3, 0.4) is 0 Å². The first-order chi connectivity index (χ1) is 13.0. The first-order valence-corrected chi connectivity index (χ1v) is 9.42. The molecule has 1 amide bonds. The van der Waals surface area contributed by atoms with E-state index in [1.54, 1.807) is 10.3 Å². The van der Waals surface area contributed by atoms with Crippen molar-refractivity contribution in [3.8, 4) is 0 Å². The topological polar surface area (TPSA) is 59.5 Å². The third-order valence-corrected chi connectivity index (χ3v) is 4.75. The molecule has 6 heteroatoms. The van der Waals surface area contributed by atoms with Gasteiger partial charge in [0.25, 0.3) is 0 Å². The highest BCUT2D eigenvalue weighted by Crippen LogP contribution is 2.29. The Kier molecular flexibility index (Phi) is 5.98. The number of hydrogen-bond acceptors (Lipinski definition) is 5. The maximum Gasteiger partial charge on any atom is 0.310 e. The van der Waals surface area contributed by atoms with E-state index in [0.717, 1.165) is 16.8 Å². The Bertz CT molecular complexity index is 937. The molecular weight excluding hydrogens is 360 g/mol. The third-order valence-electron chi connectivity index (χ3n) is 3.88. The first kappa shape index (κ1) is 18.8. The number of esters is 1. The molecule has 0 saturated heterocycles. The van der Waals surface area contributed by atoms with E-state index in [0.29, 0.717) is 10.8 Å². The van der Waals surface area contributed by atoms with Gasteiger partial charge in [-0.3, -0.25) is 14.5 Å². The van der Waals surface area contributed by atoms with Crippen molar-refractivity contribution in [1.29, 1.82) is 0 Å². The standard InChI is InChI=1S/C21H20N2O3S/c1-15-7-6-10-19(11-15)23(16(2)24)21-22-18(14-27-21)13-26-20(25)12-17-8-4-3-5-9-17/h3-11,14H,12-13H2,1-2H3. The lowest BCUT2D eigenvalue weighted by Gasteiger charge is -2.18. The van der Waals surface area contributed by atoms with Crippen LogP contribution in [0.4, 0.5) is 10.8 Å². The Hall–Kier alpha value is -2.99. The number of nitrogens with zero attached hydrogens (tertiary/aromatic N) is 2. The molecule has 0 atom stereocenters. The van der Waals surface area contributed by atoms with Crippen molar-refractivity contribution >= 4 is 34.0 Å². The van der Waals surface area contributed by atoms with Crippen LogP contribution in [0.2, 0.25) is 0 Å². The molecule has 27 heavy (non-hydrogen) atoms. The highest BCUT2D eigenvalue weighted by molar-refractivity contribution is 7.14. The van der Waals surface area contributed by atoms with Crippen LogP contribution in [0.15, 0.2) is 60.0 Å². The minimum Gasteiger partial charge on any atom is -0.459 e. The Labute approximate surface area is 162 Å². The van der Waals surface area contributed by atoms with E-state index in [1.807, 2.05) is 61.5 Å². The van der Waals surface area contributed by atoms with Crippen molar-refractivity contribution in [2.45, 2.75) is 26.9 Å². The molecule has 138 valence electrons. The smallest absolute Gasteiger partial charge is 0.310 e. The van der Waals surface area contributed by atoms with Crippen molar-refractivity contribution in [1.82, 2.24) is 4.98 Å². The van der Waals surface area contributed by atoms with E-state index in [-0.39, 0.29) is 24.9 Å². The Morgan fingerprint density at radius 2 is 1.89 bits per heavy atom. The van der Waals surface area contributed by atoms with Gasteiger partial charge in [0, 0.05) is 12.3 Å². The molecule has 0 radical (unpaired) electrons. The van der Waals surface area contributed by atoms with Crippen LogP contribution in [0.1, 0.15) is 23.7 Å². The molecule has 0 fully saturated rings. The largest absolute Gasteiger partial charge is 0.459 e. The lowest BCUT2D eigenvalue weighted by molar-refractivity contribution is -0.144. The number of ether oxygens (including phenoxy) is 1. The number of aryl methyl sites for hydroxylation is 1. The molecule has 1 aromatic heterocycles. The minimum absolute atomic E-state index is 0.0850. The molecule has 1 heterocycles. The zero-order valence-corrected chi connectivity index (χ0v) is 16.0. The Balaban J connectivity index is 1.66. The van der Waals surface area contributed by atoms with Crippen LogP contribution < -0.4 is 4.90 Å². The summed E-state index contributed by atoms with van der Waals surface area (Å²) in [6.45, 7) is 3.56. The van der Waals surface area contributed by atoms with Gasteiger partial charge in [0.1, 0.15) is 6.61 Å². The van der Waals surface area contributed by atoms with E-state index in [1.165, 1.54) is 18.3 Å². The van der Waals surface area contributed by atoms with Crippen molar-refractivity contribution in [2.24, 2.45) is 0 Å². The van der Waals surface area contributed by atoms with Crippen molar-refractivity contribution in [3.05, 3.63) is 76.8 Å². The molecule has 5 nitrogen and oxygen atoms in total. The van der Waals surface area contributed by atoms with E-state index in [4.69, 9.17) is 4.74 Å². The molecule has 0 spiro atoms. The second-order valence-electron chi connectivity index (χ2n) is 6.14. The summed E-state index contributed by atoms with van der Waals surface area (Å²) in [5.74, 6) is -0.430. The molecule has 0 saturated carbocycles. The fraction of sp³-hybridized carbons (Fsp3) is 0.190. The molecule has 2 aromatic carbocycles. The second kappa shape index (κ2) is 8.60. The van der Waals surface area contributed by atoms with Gasteiger partial charge < -0.3 is 4.74 Å². The summed E-state index contributed by atoms with van der Waals surface area (Å²) < 4.78 is 5.31. The number of carbonyl (C=O) groups is 2. The van der Waals surface area contributed by atoms with E-state index >= 15 is 0 Å². The van der Waals surface area contributed by atoms with Crippen LogP contribution in [-0.2, 0) is 27.4 Å². The normalized spacial score (nSPS) is 10.4. The number of rotatable bonds is 6. The van der Waals surface area contributed by atoms with Crippen molar-refractivity contribution < 1.29 is 14.3 Å². The summed E-state index contributed by atoms with van der Waals surface area (Å²) in [7, 11) is 0. The predicted octanol–water partition coefficient (Wildman–Crippen LogP) is 4.42. The first-order valence-electron chi connectivity index (χ1n) is 8.54. The maximum atomic E-state index is 12.1. The number of aromatic nitrogens is 1. The molecule has 0 unspecified atom stereocenters. The van der Waals surface area contributed by atoms with Gasteiger partial charge >= 0.3 is 5.97 Å². The van der Waals surface area contributed by atoms with Gasteiger partial charge in [0.05, 0.1) is 17.8 Å². The lowest BCUT2D eigenvalue weighted by Crippen LogP contribution is -2.22. The molecule has 0 aliphatic rings. The summed E-state index contributed by atoms with van der Waals surface area (Å²) in [5.41, 5.74) is 3.36. The molecule has 0 bridgehead atoms. The van der Waals surface area contributed by atoms with Crippen LogP contribution in [0, 0.1) is 6.92 Å². The number of thiazole rings is 1. The van der Waals surface area contributed by atoms with Crippen LogP contribution in [-0.4, -0.2) is 16.9 Å². The van der Waals surface area contributed by atoms with Gasteiger partial charge in [-0.1, -0.05) is 42.5 Å². The Morgan fingerprint density at radius 3 is 2.59 bits per heavy atom. The van der Waals surface area contributed by atoms with E-state index < -0.39 is 0 Å². The number of carbonyl (C=O) groups excluding carboxylic acids is 2. The van der Waals surface area contributed by atoms with Gasteiger partial charge in [-0.25, -0.2) is 4.98 Å². The van der Waals surface area contributed by atoms with E-state index in [9.17, 15) is 9.59 Å². The fourth-order valence-electron chi connectivity index (χ4n) is 2.63. The molecule has 3 aromatic rings. The summed E-state index contributed by atoms with van der Waals surface area (Å²) in [6, 6.07) is 17.1. The molecule has 0 aliphatic carbocycles. The summed E-state index contributed by atoms with van der Waals surface area (Å²) in [5, 5.41) is 2.36. The highest BCUT2D eigenvalue weighted by atomic mass is 32.1.